The summed E-state index contributed by atoms with van der Waals surface area (Å²) >= 11 is 0. The van der Waals surface area contributed by atoms with E-state index in [4.69, 9.17) is 0 Å². The van der Waals surface area contributed by atoms with Crippen molar-refractivity contribution in [3.05, 3.63) is 39.9 Å². The second kappa shape index (κ2) is 5.34. The van der Waals surface area contributed by atoms with E-state index in [2.05, 4.69) is 21.7 Å². The van der Waals surface area contributed by atoms with Gasteiger partial charge in [-0.25, -0.2) is 4.39 Å². The summed E-state index contributed by atoms with van der Waals surface area (Å²) in [4.78, 5) is 14.4. The second-order valence-electron chi connectivity index (χ2n) is 6.85. The van der Waals surface area contributed by atoms with E-state index in [0.29, 0.717) is 28.7 Å². The van der Waals surface area contributed by atoms with Crippen LogP contribution in [-0.2, 0) is 0 Å². The predicted molar refractivity (Wildman–Crippen MR) is 90.9 cm³/mol. The zero-order valence-electron chi connectivity index (χ0n) is 13.6. The summed E-state index contributed by atoms with van der Waals surface area (Å²) < 4.78 is 17.1. The summed E-state index contributed by atoms with van der Waals surface area (Å²) in [5, 5.41) is 3.91. The van der Waals surface area contributed by atoms with Crippen LogP contribution in [0.4, 0.5) is 10.1 Å². The van der Waals surface area contributed by atoms with Gasteiger partial charge in [-0.2, -0.15) is 0 Å². The minimum Gasteiger partial charge on any atom is -0.366 e. The Kier molecular flexibility index (Phi) is 3.41. The molecule has 1 aromatic carbocycles. The highest BCUT2D eigenvalue weighted by molar-refractivity contribution is 5.87. The number of anilines is 1. The Balaban J connectivity index is 1.93. The van der Waals surface area contributed by atoms with Crippen molar-refractivity contribution in [2.24, 2.45) is 0 Å². The van der Waals surface area contributed by atoms with Crippen molar-refractivity contribution in [3.63, 3.8) is 0 Å². The Morgan fingerprint density at radius 2 is 2.13 bits per heavy atom. The minimum absolute atomic E-state index is 0.0893. The molecule has 0 bridgehead atoms. The minimum atomic E-state index is -0.253. The van der Waals surface area contributed by atoms with Crippen LogP contribution >= 0.6 is 0 Å². The summed E-state index contributed by atoms with van der Waals surface area (Å²) in [7, 11) is 0. The molecule has 1 saturated carbocycles. The number of aromatic nitrogens is 1. The molecule has 1 unspecified atom stereocenters. The summed E-state index contributed by atoms with van der Waals surface area (Å²) in [6, 6.07) is 4.24. The number of rotatable bonds is 2. The number of hydrogen-bond acceptors (Lipinski definition) is 3. The van der Waals surface area contributed by atoms with Crippen LogP contribution in [0.5, 0.6) is 0 Å². The maximum atomic E-state index is 15.0. The van der Waals surface area contributed by atoms with Gasteiger partial charge in [0.05, 0.1) is 16.6 Å². The van der Waals surface area contributed by atoms with E-state index in [1.54, 1.807) is 13.0 Å². The first-order valence-corrected chi connectivity index (χ1v) is 8.38. The van der Waals surface area contributed by atoms with Crippen LogP contribution < -0.4 is 15.6 Å². The summed E-state index contributed by atoms with van der Waals surface area (Å²) in [5.74, 6) is -0.253. The molecule has 122 valence electrons. The molecule has 2 aliphatic rings. The Morgan fingerprint density at radius 3 is 2.83 bits per heavy atom. The number of piperazine rings is 1. The van der Waals surface area contributed by atoms with Crippen molar-refractivity contribution < 1.29 is 4.39 Å². The van der Waals surface area contributed by atoms with E-state index >= 15 is 0 Å². The fraction of sp³-hybridized carbons (Fsp3) is 0.500. The van der Waals surface area contributed by atoms with Crippen molar-refractivity contribution in [1.82, 2.24) is 9.88 Å². The van der Waals surface area contributed by atoms with Gasteiger partial charge in [-0.1, -0.05) is 0 Å². The van der Waals surface area contributed by atoms with Gasteiger partial charge in [-0.15, -0.1) is 0 Å². The smallest absolute Gasteiger partial charge is 0.189 e. The Bertz CT molecular complexity index is 825. The SMILES string of the molecule is Cc1c(F)c(N2CCNC(C)C2)cc2c1c(=O)ccn2C1CC1. The second-order valence-corrected chi connectivity index (χ2v) is 6.85. The third-order valence-electron chi connectivity index (χ3n) is 5.02. The molecule has 0 radical (unpaired) electrons. The van der Waals surface area contributed by atoms with Crippen LogP contribution in [0, 0.1) is 12.7 Å². The maximum absolute atomic E-state index is 15.0. The first-order chi connectivity index (χ1) is 11.1. The molecule has 5 heteroatoms. The summed E-state index contributed by atoms with van der Waals surface area (Å²) in [6.07, 6.45) is 4.13. The predicted octanol–water partition coefficient (Wildman–Crippen LogP) is 2.58. The fourth-order valence-corrected chi connectivity index (χ4v) is 3.64. The van der Waals surface area contributed by atoms with Crippen LogP contribution in [0.3, 0.4) is 0 Å². The number of nitrogens with zero attached hydrogens (tertiary/aromatic N) is 2. The van der Waals surface area contributed by atoms with Gasteiger partial charge in [-0.3, -0.25) is 4.79 Å². The van der Waals surface area contributed by atoms with Crippen LogP contribution in [0.2, 0.25) is 0 Å². The van der Waals surface area contributed by atoms with Crippen molar-refractivity contribution in [2.75, 3.05) is 24.5 Å². The number of halogens is 1. The van der Waals surface area contributed by atoms with Crippen LogP contribution in [0.1, 0.15) is 31.4 Å². The molecule has 2 fully saturated rings. The molecule has 1 atom stereocenters. The molecule has 1 saturated heterocycles. The molecular weight excluding hydrogens is 293 g/mol. The van der Waals surface area contributed by atoms with Crippen LogP contribution in [0.25, 0.3) is 10.9 Å². The summed E-state index contributed by atoms with van der Waals surface area (Å²) in [5.41, 5.74) is 1.89. The van der Waals surface area contributed by atoms with E-state index in [-0.39, 0.29) is 11.2 Å². The van der Waals surface area contributed by atoms with E-state index < -0.39 is 0 Å². The van der Waals surface area contributed by atoms with Gasteiger partial charge in [0.2, 0.25) is 0 Å². The van der Waals surface area contributed by atoms with Gasteiger partial charge in [0.25, 0.3) is 0 Å². The lowest BCUT2D eigenvalue weighted by Gasteiger charge is -2.34. The fourth-order valence-electron chi connectivity index (χ4n) is 3.64. The average Bonchev–Trinajstić information content (AvgIpc) is 3.35. The van der Waals surface area contributed by atoms with Gasteiger partial charge in [0, 0.05) is 49.5 Å². The first-order valence-electron chi connectivity index (χ1n) is 8.38. The molecule has 1 aliphatic carbocycles. The molecule has 1 aromatic heterocycles. The lowest BCUT2D eigenvalue weighted by atomic mass is 10.0. The molecule has 1 aliphatic heterocycles. The zero-order valence-corrected chi connectivity index (χ0v) is 13.6. The largest absolute Gasteiger partial charge is 0.366 e. The highest BCUT2D eigenvalue weighted by Gasteiger charge is 2.27. The van der Waals surface area contributed by atoms with Crippen molar-refractivity contribution in [1.29, 1.82) is 0 Å². The topological polar surface area (TPSA) is 37.3 Å². The lowest BCUT2D eigenvalue weighted by Crippen LogP contribution is -2.49. The third-order valence-corrected chi connectivity index (χ3v) is 5.02. The molecule has 4 rings (SSSR count). The highest BCUT2D eigenvalue weighted by Crippen LogP contribution is 2.38. The van der Waals surface area contributed by atoms with Crippen molar-refractivity contribution in [3.8, 4) is 0 Å². The number of hydrogen-bond donors (Lipinski definition) is 1. The van der Waals surface area contributed by atoms with Gasteiger partial charge >= 0.3 is 0 Å². The van der Waals surface area contributed by atoms with Gasteiger partial charge in [0.15, 0.2) is 5.43 Å². The van der Waals surface area contributed by atoms with E-state index in [1.807, 2.05) is 12.3 Å². The number of benzene rings is 1. The Labute approximate surface area is 134 Å². The first kappa shape index (κ1) is 14.7. The Hall–Kier alpha value is -1.88. The molecule has 23 heavy (non-hydrogen) atoms. The van der Waals surface area contributed by atoms with E-state index in [1.165, 1.54) is 0 Å². The number of nitrogens with one attached hydrogen (secondary N) is 1. The standard InChI is InChI=1S/C18H22FN3O/c1-11-10-21(8-6-20-11)15-9-14-17(12(2)18(15)19)16(23)5-7-22(14)13-3-4-13/h5,7,9,11,13,20H,3-4,6,8,10H2,1-2H3. The zero-order chi connectivity index (χ0) is 16.1. The number of fused-ring (bicyclic) bond motifs is 1. The lowest BCUT2D eigenvalue weighted by molar-refractivity contribution is 0.478. The van der Waals surface area contributed by atoms with E-state index in [0.717, 1.165) is 38.0 Å². The van der Waals surface area contributed by atoms with Crippen molar-refractivity contribution in [2.45, 2.75) is 38.8 Å². The summed E-state index contributed by atoms with van der Waals surface area (Å²) in [6.45, 7) is 6.25. The van der Waals surface area contributed by atoms with Crippen molar-refractivity contribution >= 4 is 16.6 Å². The molecule has 0 spiro atoms. The normalized spacial score (nSPS) is 21.9. The quantitative estimate of drug-likeness (QED) is 0.925. The molecule has 2 aromatic rings. The Morgan fingerprint density at radius 1 is 1.35 bits per heavy atom. The molecule has 2 heterocycles. The molecule has 0 amide bonds. The highest BCUT2D eigenvalue weighted by atomic mass is 19.1. The van der Waals surface area contributed by atoms with Gasteiger partial charge < -0.3 is 14.8 Å². The third kappa shape index (κ3) is 2.43. The number of pyridine rings is 1. The molecule has 1 N–H and O–H groups in total. The van der Waals surface area contributed by atoms with E-state index in [9.17, 15) is 9.18 Å². The van der Waals surface area contributed by atoms with Crippen LogP contribution in [0.15, 0.2) is 23.1 Å². The molecule has 4 nitrogen and oxygen atoms in total. The number of aryl methyl sites for hydroxylation is 1. The van der Waals surface area contributed by atoms with Gasteiger partial charge in [0.1, 0.15) is 5.82 Å². The van der Waals surface area contributed by atoms with Crippen LogP contribution in [-0.4, -0.2) is 30.2 Å². The maximum Gasteiger partial charge on any atom is 0.189 e. The molecular formula is C18H22FN3O. The average molecular weight is 315 g/mol. The van der Waals surface area contributed by atoms with Gasteiger partial charge in [-0.05, 0) is 32.8 Å². The monoisotopic (exact) mass is 315 g/mol.